The highest BCUT2D eigenvalue weighted by Crippen LogP contribution is 2.20. The van der Waals surface area contributed by atoms with Crippen molar-refractivity contribution in [1.29, 1.82) is 0 Å². The summed E-state index contributed by atoms with van der Waals surface area (Å²) < 4.78 is 11.1. The molecule has 7 nitrogen and oxygen atoms in total. The predicted octanol–water partition coefficient (Wildman–Crippen LogP) is 1.40. The van der Waals surface area contributed by atoms with Gasteiger partial charge in [0.25, 0.3) is 0 Å². The van der Waals surface area contributed by atoms with Gasteiger partial charge in [0.1, 0.15) is 11.4 Å². The van der Waals surface area contributed by atoms with Gasteiger partial charge in [0.05, 0.1) is 18.9 Å². The van der Waals surface area contributed by atoms with Gasteiger partial charge in [-0.05, 0) is 53.4 Å². The summed E-state index contributed by atoms with van der Waals surface area (Å²) in [5, 5.41) is 17.0. The lowest BCUT2D eigenvalue weighted by Gasteiger charge is -2.22. The van der Waals surface area contributed by atoms with Gasteiger partial charge in [-0.3, -0.25) is 0 Å². The molecule has 1 aromatic rings. The fourth-order valence-corrected chi connectivity index (χ4v) is 2.33. The molecule has 0 radical (unpaired) electrons. The smallest absolute Gasteiger partial charge is 0.191 e. The van der Waals surface area contributed by atoms with Crippen molar-refractivity contribution in [2.24, 2.45) is 4.99 Å². The summed E-state index contributed by atoms with van der Waals surface area (Å²) in [5.74, 6) is 1.16. The van der Waals surface area contributed by atoms with Crippen LogP contribution in [0.4, 0.5) is 0 Å². The van der Waals surface area contributed by atoms with Gasteiger partial charge >= 0.3 is 0 Å². The molecule has 0 fully saturated rings. The first-order valence-corrected chi connectivity index (χ1v) is 8.94. The van der Waals surface area contributed by atoms with Crippen LogP contribution in [0.5, 0.6) is 0 Å². The van der Waals surface area contributed by atoms with Gasteiger partial charge in [0, 0.05) is 26.2 Å². The minimum Gasteiger partial charge on any atom is -0.466 e. The van der Waals surface area contributed by atoms with Crippen molar-refractivity contribution < 1.29 is 14.3 Å². The first-order valence-electron chi connectivity index (χ1n) is 8.94. The molecule has 25 heavy (non-hydrogen) atoms. The molecule has 2 atom stereocenters. The van der Waals surface area contributed by atoms with Crippen LogP contribution in [0, 0.1) is 0 Å². The highest BCUT2D eigenvalue weighted by Gasteiger charge is 2.26. The lowest BCUT2D eigenvalue weighted by Crippen LogP contribution is -2.43. The Morgan fingerprint density at radius 2 is 2.16 bits per heavy atom. The minimum atomic E-state index is -1.14. The molecule has 0 aliphatic heterocycles. The van der Waals surface area contributed by atoms with E-state index in [1.54, 1.807) is 25.3 Å². The van der Waals surface area contributed by atoms with Crippen LogP contribution in [-0.2, 0) is 10.3 Å². The molecule has 0 amide bonds. The number of ether oxygens (including phenoxy) is 1. The molecule has 1 heterocycles. The fourth-order valence-electron chi connectivity index (χ4n) is 2.33. The van der Waals surface area contributed by atoms with E-state index in [-0.39, 0.29) is 12.6 Å². The standard InChI is InChI=1S/C18H34N4O3/c1-6-19-17(20-13-15(24-7-2)10-11-22(4)5)21-14-18(3,23)16-9-8-12-25-16/h8-9,12,15,23H,6-7,10-11,13-14H2,1-5H3,(H2,19,20,21). The molecule has 1 rings (SSSR count). The summed E-state index contributed by atoms with van der Waals surface area (Å²) in [6, 6.07) is 3.51. The Labute approximate surface area is 151 Å². The molecular weight excluding hydrogens is 320 g/mol. The van der Waals surface area contributed by atoms with Crippen LogP contribution in [0.1, 0.15) is 33.0 Å². The molecule has 144 valence electrons. The second kappa shape index (κ2) is 11.1. The number of rotatable bonds is 11. The summed E-state index contributed by atoms with van der Waals surface area (Å²) in [6.45, 7) is 8.96. The van der Waals surface area contributed by atoms with Crippen LogP contribution in [-0.4, -0.2) is 69.0 Å². The van der Waals surface area contributed by atoms with Gasteiger partial charge in [0.2, 0.25) is 0 Å². The molecule has 0 aliphatic carbocycles. The number of nitrogens with one attached hydrogen (secondary N) is 2. The maximum Gasteiger partial charge on any atom is 0.191 e. The molecule has 2 unspecified atom stereocenters. The third-order valence-electron chi connectivity index (χ3n) is 3.74. The maximum absolute atomic E-state index is 10.5. The van der Waals surface area contributed by atoms with Crippen LogP contribution in [0.3, 0.4) is 0 Å². The van der Waals surface area contributed by atoms with E-state index in [0.29, 0.717) is 24.9 Å². The number of aliphatic imine (C=N–C) groups is 1. The topological polar surface area (TPSA) is 82.3 Å². The molecule has 0 aliphatic rings. The number of furan rings is 1. The van der Waals surface area contributed by atoms with Crippen molar-refractivity contribution in [3.05, 3.63) is 24.2 Å². The number of aliphatic hydroxyl groups is 1. The molecular formula is C18H34N4O3. The Hall–Kier alpha value is -1.57. The summed E-state index contributed by atoms with van der Waals surface area (Å²) in [6.07, 6.45) is 2.60. The van der Waals surface area contributed by atoms with Crippen molar-refractivity contribution >= 4 is 5.96 Å². The highest BCUT2D eigenvalue weighted by molar-refractivity contribution is 5.79. The predicted molar refractivity (Wildman–Crippen MR) is 101 cm³/mol. The zero-order chi connectivity index (χ0) is 18.7. The van der Waals surface area contributed by atoms with Gasteiger partial charge in [-0.25, -0.2) is 4.99 Å². The number of guanidine groups is 1. The van der Waals surface area contributed by atoms with E-state index in [4.69, 9.17) is 9.15 Å². The molecule has 0 bridgehead atoms. The Bertz CT molecular complexity index is 487. The maximum atomic E-state index is 10.5. The Kier molecular flexibility index (Phi) is 9.55. The van der Waals surface area contributed by atoms with Crippen LogP contribution >= 0.6 is 0 Å². The van der Waals surface area contributed by atoms with Crippen LogP contribution < -0.4 is 10.6 Å². The van der Waals surface area contributed by atoms with Crippen LogP contribution in [0.25, 0.3) is 0 Å². The molecule has 7 heteroatoms. The summed E-state index contributed by atoms with van der Waals surface area (Å²) in [5.41, 5.74) is -1.14. The molecule has 0 saturated carbocycles. The van der Waals surface area contributed by atoms with E-state index in [1.165, 1.54) is 0 Å². The number of hydrogen-bond donors (Lipinski definition) is 3. The van der Waals surface area contributed by atoms with Gasteiger partial charge in [-0.2, -0.15) is 0 Å². The van der Waals surface area contributed by atoms with E-state index in [0.717, 1.165) is 19.5 Å². The van der Waals surface area contributed by atoms with E-state index in [2.05, 4.69) is 34.6 Å². The average molecular weight is 354 g/mol. The van der Waals surface area contributed by atoms with Gasteiger partial charge in [0.15, 0.2) is 5.96 Å². The lowest BCUT2D eigenvalue weighted by atomic mass is 10.0. The van der Waals surface area contributed by atoms with Crippen molar-refractivity contribution in [3.8, 4) is 0 Å². The van der Waals surface area contributed by atoms with Crippen molar-refractivity contribution in [2.45, 2.75) is 38.9 Å². The normalized spacial score (nSPS) is 15.9. The molecule has 0 spiro atoms. The third kappa shape index (κ3) is 8.38. The third-order valence-corrected chi connectivity index (χ3v) is 3.74. The second-order valence-electron chi connectivity index (χ2n) is 6.50. The first-order chi connectivity index (χ1) is 11.9. The Morgan fingerprint density at radius 3 is 2.72 bits per heavy atom. The molecule has 1 aromatic heterocycles. The highest BCUT2D eigenvalue weighted by atomic mass is 16.5. The minimum absolute atomic E-state index is 0.113. The first kappa shape index (κ1) is 21.5. The van der Waals surface area contributed by atoms with Gasteiger partial charge in [-0.1, -0.05) is 0 Å². The largest absolute Gasteiger partial charge is 0.466 e. The molecule has 3 N–H and O–H groups in total. The quantitative estimate of drug-likeness (QED) is 0.412. The van der Waals surface area contributed by atoms with E-state index in [1.807, 2.05) is 13.8 Å². The number of nitrogens with zero attached hydrogens (tertiary/aromatic N) is 2. The SMILES string of the molecule is CCNC(=NCC(C)(O)c1ccco1)NCC(CCN(C)C)OCC. The van der Waals surface area contributed by atoms with Crippen molar-refractivity contribution in [1.82, 2.24) is 15.5 Å². The van der Waals surface area contributed by atoms with Crippen molar-refractivity contribution in [3.63, 3.8) is 0 Å². The van der Waals surface area contributed by atoms with Gasteiger partial charge < -0.3 is 29.8 Å². The van der Waals surface area contributed by atoms with Gasteiger partial charge in [-0.15, -0.1) is 0 Å². The Balaban J connectivity index is 2.61. The monoisotopic (exact) mass is 354 g/mol. The summed E-state index contributed by atoms with van der Waals surface area (Å²) in [7, 11) is 4.11. The average Bonchev–Trinajstić information content (AvgIpc) is 3.10. The van der Waals surface area contributed by atoms with E-state index in [9.17, 15) is 5.11 Å². The zero-order valence-electron chi connectivity index (χ0n) is 16.2. The molecule has 0 saturated heterocycles. The van der Waals surface area contributed by atoms with Crippen LogP contribution in [0.15, 0.2) is 27.8 Å². The fraction of sp³-hybridized carbons (Fsp3) is 0.722. The van der Waals surface area contributed by atoms with E-state index < -0.39 is 5.60 Å². The van der Waals surface area contributed by atoms with E-state index >= 15 is 0 Å². The summed E-state index contributed by atoms with van der Waals surface area (Å²) >= 11 is 0. The van der Waals surface area contributed by atoms with Crippen molar-refractivity contribution in [2.75, 3.05) is 46.9 Å². The van der Waals surface area contributed by atoms with Crippen LogP contribution in [0.2, 0.25) is 0 Å². The summed E-state index contributed by atoms with van der Waals surface area (Å²) in [4.78, 5) is 6.63. The molecule has 0 aromatic carbocycles. The lowest BCUT2D eigenvalue weighted by molar-refractivity contribution is 0.0434. The Morgan fingerprint density at radius 1 is 1.40 bits per heavy atom. The zero-order valence-corrected chi connectivity index (χ0v) is 16.2. The second-order valence-corrected chi connectivity index (χ2v) is 6.50. The number of hydrogen-bond acceptors (Lipinski definition) is 5.